The molecule has 1 aliphatic heterocycles. The molecule has 0 radical (unpaired) electrons. The molecule has 0 saturated carbocycles. The zero-order valence-electron chi connectivity index (χ0n) is 20.8. The third kappa shape index (κ3) is 4.14. The van der Waals surface area contributed by atoms with Crippen LogP contribution in [-0.2, 0) is 4.79 Å². The van der Waals surface area contributed by atoms with E-state index in [9.17, 15) is 24.6 Å². The van der Waals surface area contributed by atoms with Crippen LogP contribution < -0.4 is 16.2 Å². The van der Waals surface area contributed by atoms with Crippen LogP contribution in [0.1, 0.15) is 31.8 Å². The van der Waals surface area contributed by atoms with Gasteiger partial charge in [0.05, 0.1) is 5.56 Å². The molecule has 39 heavy (non-hydrogen) atoms. The van der Waals surface area contributed by atoms with Gasteiger partial charge in [-0.2, -0.15) is 13.1 Å². The Morgan fingerprint density at radius 2 is 1.62 bits per heavy atom. The van der Waals surface area contributed by atoms with E-state index < -0.39 is 43.1 Å². The number of nitrogens with two attached hydrogens (primary N) is 1. The number of halogens is 2. The van der Waals surface area contributed by atoms with Crippen molar-refractivity contribution in [3.63, 3.8) is 0 Å². The van der Waals surface area contributed by atoms with Gasteiger partial charge in [-0.05, 0) is 70.8 Å². The summed E-state index contributed by atoms with van der Waals surface area (Å²) in [7, 11) is -3.23. The van der Waals surface area contributed by atoms with Gasteiger partial charge in [0.1, 0.15) is 17.4 Å². The topological polar surface area (TPSA) is 130 Å². The van der Waals surface area contributed by atoms with E-state index in [2.05, 4.69) is 5.32 Å². The highest BCUT2D eigenvalue weighted by molar-refractivity contribution is 6.98. The summed E-state index contributed by atoms with van der Waals surface area (Å²) >= 11 is 0. The summed E-state index contributed by atoms with van der Waals surface area (Å²) in [6.07, 6.45) is 2.46. The number of anilines is 2. The smallest absolute Gasteiger partial charge is 0.336 e. The van der Waals surface area contributed by atoms with Gasteiger partial charge in [-0.1, -0.05) is 26.3 Å². The quantitative estimate of drug-likeness (QED) is 0.278. The Labute approximate surface area is 222 Å². The van der Waals surface area contributed by atoms with Crippen LogP contribution in [0.15, 0.2) is 83.3 Å². The molecule has 197 valence electrons. The minimum atomic E-state index is -3.23. The molecule has 1 amide bonds. The molecule has 1 heterocycles. The zero-order valence-corrected chi connectivity index (χ0v) is 21.8. The Morgan fingerprint density at radius 3 is 2.28 bits per heavy atom. The third-order valence-electron chi connectivity index (χ3n) is 6.97. The zero-order chi connectivity index (χ0) is 28.2. The number of carboxylic acids is 1. The number of carboxylic acid groups (broad SMARTS) is 1. The Morgan fingerprint density at radius 1 is 0.949 bits per heavy atom. The summed E-state index contributed by atoms with van der Waals surface area (Å²) in [5, 5.41) is 23.0. The number of hydrogen-bond donors (Lipinski definition) is 4. The summed E-state index contributed by atoms with van der Waals surface area (Å²) < 4.78 is 30.9. The highest BCUT2D eigenvalue weighted by atomic mass is 28.3. The lowest BCUT2D eigenvalue weighted by molar-refractivity contribution is -0.112. The van der Waals surface area contributed by atoms with Crippen molar-refractivity contribution in [3.05, 3.63) is 111 Å². The van der Waals surface area contributed by atoms with E-state index in [1.54, 1.807) is 37.4 Å². The molecule has 5 rings (SSSR count). The number of nitrogens with one attached hydrogen (secondary N) is 1. The van der Waals surface area contributed by atoms with Crippen LogP contribution in [0.3, 0.4) is 0 Å². The number of nitrogen functional groups attached to an aromatic ring is 1. The van der Waals surface area contributed by atoms with E-state index in [0.29, 0.717) is 11.4 Å². The second kappa shape index (κ2) is 9.17. The monoisotopic (exact) mass is 544 g/mol. The van der Waals surface area contributed by atoms with Gasteiger partial charge >= 0.3 is 5.97 Å². The predicted molar refractivity (Wildman–Crippen MR) is 146 cm³/mol. The summed E-state index contributed by atoms with van der Waals surface area (Å²) in [5.41, 5.74) is 7.22. The van der Waals surface area contributed by atoms with Crippen molar-refractivity contribution in [3.8, 4) is 5.75 Å². The first-order chi connectivity index (χ1) is 18.4. The van der Waals surface area contributed by atoms with Gasteiger partial charge in [0.2, 0.25) is 5.78 Å². The summed E-state index contributed by atoms with van der Waals surface area (Å²) in [6.45, 7) is 3.32. The minimum Gasteiger partial charge on any atom is -0.505 e. The highest BCUT2D eigenvalue weighted by Crippen LogP contribution is 2.45. The van der Waals surface area contributed by atoms with E-state index in [0.717, 1.165) is 12.1 Å². The van der Waals surface area contributed by atoms with Crippen molar-refractivity contribution in [2.45, 2.75) is 13.1 Å². The van der Waals surface area contributed by atoms with Crippen molar-refractivity contribution >= 4 is 47.9 Å². The number of phenolic OH excluding ortho intramolecular Hbond substituents is 1. The number of aromatic hydroxyl groups is 1. The molecule has 0 spiro atoms. The van der Waals surface area contributed by atoms with Crippen LogP contribution in [0.2, 0.25) is 13.1 Å². The molecule has 1 aliphatic carbocycles. The van der Waals surface area contributed by atoms with E-state index in [1.807, 2.05) is 0 Å². The molecule has 2 aliphatic rings. The number of fused-ring (bicyclic) bond motifs is 2. The van der Waals surface area contributed by atoms with E-state index in [4.69, 9.17) is 5.73 Å². The second-order valence-corrected chi connectivity index (χ2v) is 14.0. The van der Waals surface area contributed by atoms with Crippen molar-refractivity contribution in [1.82, 2.24) is 0 Å². The summed E-state index contributed by atoms with van der Waals surface area (Å²) in [6, 6.07) is 13.0. The van der Waals surface area contributed by atoms with E-state index in [-0.39, 0.29) is 43.8 Å². The lowest BCUT2D eigenvalue weighted by Crippen LogP contribution is -2.51. The molecule has 3 aromatic carbocycles. The number of amides is 1. The Hall–Kier alpha value is -4.83. The lowest BCUT2D eigenvalue weighted by atomic mass is 9.86. The summed E-state index contributed by atoms with van der Waals surface area (Å²) in [5.74, 6) is -5.43. The van der Waals surface area contributed by atoms with Crippen LogP contribution in [0.25, 0.3) is 5.57 Å². The van der Waals surface area contributed by atoms with Gasteiger partial charge in [0, 0.05) is 16.9 Å². The molecule has 0 fully saturated rings. The fraction of sp³-hybridized carbons (Fsp3) is 0.0690. The number of hydrogen-bond acceptors (Lipinski definition) is 5. The fourth-order valence-corrected chi connectivity index (χ4v) is 8.53. The van der Waals surface area contributed by atoms with Crippen LogP contribution >= 0.6 is 0 Å². The number of carbonyl (C=O) groups excluding carboxylic acids is 2. The molecule has 0 atom stereocenters. The van der Waals surface area contributed by atoms with Crippen molar-refractivity contribution < 1.29 is 33.4 Å². The molecule has 0 aromatic heterocycles. The van der Waals surface area contributed by atoms with Gasteiger partial charge in [-0.15, -0.1) is 10.4 Å². The Balaban J connectivity index is 1.74. The highest BCUT2D eigenvalue weighted by Gasteiger charge is 2.37. The number of carbonyl (C=O) groups is 3. The van der Waals surface area contributed by atoms with Gasteiger partial charge in [-0.25, -0.2) is 13.6 Å². The number of phenols is 1. The van der Waals surface area contributed by atoms with Crippen LogP contribution in [-0.4, -0.2) is 35.9 Å². The normalized spacial score (nSPS) is 15.6. The maximum Gasteiger partial charge on any atom is 0.336 e. The minimum absolute atomic E-state index is 0.0171. The molecule has 3 aromatic rings. The van der Waals surface area contributed by atoms with Crippen LogP contribution in [0.5, 0.6) is 5.75 Å². The van der Waals surface area contributed by atoms with Crippen LogP contribution in [0.4, 0.5) is 20.2 Å². The Kier molecular flexibility index (Phi) is 6.07. The number of rotatable bonds is 4. The fourth-order valence-electron chi connectivity index (χ4n) is 5.17. The standard InChI is InChI=1S/C29H22F2N2O5Si/c1-39(2)26-18(9-11-21(34)24(26)30)23(19-10-12-22(35)25(31)27(19)39)17-8-3-14(13-20(17)29(37)38)28(36)33-16-6-4-15(32)5-7-16/h3-13,34H,32H2,1-2H3,(H,33,36)(H,37,38)/q-1. The number of allylic oxidation sites excluding steroid dienone is 5. The molecular formula is C29H22F2N2O5Si-. The third-order valence-corrected chi connectivity index (χ3v) is 10.4. The molecule has 0 unspecified atom stereocenters. The van der Waals surface area contributed by atoms with E-state index in [1.165, 1.54) is 30.3 Å². The predicted octanol–water partition coefficient (Wildman–Crippen LogP) is 4.70. The van der Waals surface area contributed by atoms with Gasteiger partial charge in [0.15, 0.2) is 0 Å². The number of benzene rings is 3. The molecule has 10 heteroatoms. The summed E-state index contributed by atoms with van der Waals surface area (Å²) in [4.78, 5) is 37.6. The molecular weight excluding hydrogens is 522 g/mol. The first-order valence-electron chi connectivity index (χ1n) is 11.9. The molecule has 0 bridgehead atoms. The molecule has 5 N–H and O–H groups in total. The molecule has 0 saturated heterocycles. The Bertz CT molecular complexity index is 1710. The average molecular weight is 545 g/mol. The van der Waals surface area contributed by atoms with E-state index >= 15 is 8.78 Å². The van der Waals surface area contributed by atoms with Crippen LogP contribution in [0, 0.1) is 5.82 Å². The maximum atomic E-state index is 15.4. The SMILES string of the molecule is C[Si-]1(C)C2=C(F)C(=O)C=CC2=C(c2ccc(C(=O)Nc3ccc(N)cc3)cc2C(=O)O)c2ccc(O)c(F)c21. The second-order valence-electron chi connectivity index (χ2n) is 9.76. The van der Waals surface area contributed by atoms with Gasteiger partial charge in [-0.3, -0.25) is 9.59 Å². The average Bonchev–Trinajstić information content (AvgIpc) is 2.89. The first-order valence-corrected chi connectivity index (χ1v) is 14.9. The van der Waals surface area contributed by atoms with Crippen molar-refractivity contribution in [2.24, 2.45) is 0 Å². The van der Waals surface area contributed by atoms with Gasteiger partial charge in [0.25, 0.3) is 5.91 Å². The first kappa shape index (κ1) is 25.8. The maximum absolute atomic E-state index is 15.4. The number of ketones is 1. The van der Waals surface area contributed by atoms with Crippen molar-refractivity contribution in [2.75, 3.05) is 11.1 Å². The van der Waals surface area contributed by atoms with Gasteiger partial charge < -0.3 is 21.3 Å². The lowest BCUT2D eigenvalue weighted by Gasteiger charge is -2.47. The van der Waals surface area contributed by atoms with Crippen molar-refractivity contribution in [1.29, 1.82) is 0 Å². The molecule has 7 nitrogen and oxygen atoms in total. The largest absolute Gasteiger partial charge is 0.505 e. The number of aromatic carboxylic acids is 1.